The number of benzene rings is 1. The summed E-state index contributed by atoms with van der Waals surface area (Å²) in [5.41, 5.74) is 7.44. The van der Waals surface area contributed by atoms with Crippen molar-refractivity contribution in [3.8, 4) is 0 Å². The predicted octanol–water partition coefficient (Wildman–Crippen LogP) is 0.370. The lowest BCUT2D eigenvalue weighted by molar-refractivity contribution is 0.0956. The number of carbonyl (C=O) groups is 1. The number of amides is 1. The number of anilines is 2. The van der Waals surface area contributed by atoms with Crippen molar-refractivity contribution in [2.45, 2.75) is 13.3 Å². The van der Waals surface area contributed by atoms with Gasteiger partial charge in [0.15, 0.2) is 0 Å². The number of hydrogen-bond acceptors (Lipinski definition) is 5. The van der Waals surface area contributed by atoms with E-state index >= 15 is 0 Å². The number of rotatable bonds is 8. The molecule has 0 spiro atoms. The third-order valence-corrected chi connectivity index (χ3v) is 3.39. The van der Waals surface area contributed by atoms with E-state index in [4.69, 9.17) is 5.73 Å². The van der Waals surface area contributed by atoms with Crippen LogP contribution in [0, 0.1) is 0 Å². The summed E-state index contributed by atoms with van der Waals surface area (Å²) in [6.45, 7) is 3.25. The molecule has 0 unspecified atom stereocenters. The van der Waals surface area contributed by atoms with Crippen LogP contribution >= 0.6 is 0 Å². The lowest BCUT2D eigenvalue weighted by atomic mass is 10.1. The van der Waals surface area contributed by atoms with Gasteiger partial charge >= 0.3 is 0 Å². The van der Waals surface area contributed by atoms with Gasteiger partial charge in [0.1, 0.15) is 0 Å². The SMILES string of the molecule is CCNC(=O)c1ccc(N)cc1NCCCNS(C)(=O)=O. The fourth-order valence-corrected chi connectivity index (χ4v) is 2.25. The molecule has 118 valence electrons. The second kappa shape index (κ2) is 7.84. The molecule has 21 heavy (non-hydrogen) atoms. The maximum Gasteiger partial charge on any atom is 0.253 e. The van der Waals surface area contributed by atoms with Gasteiger partial charge in [-0.05, 0) is 31.5 Å². The highest BCUT2D eigenvalue weighted by Gasteiger charge is 2.10. The van der Waals surface area contributed by atoms with E-state index in [1.54, 1.807) is 18.2 Å². The molecule has 0 aliphatic heterocycles. The summed E-state index contributed by atoms with van der Waals surface area (Å²) in [6.07, 6.45) is 1.71. The summed E-state index contributed by atoms with van der Waals surface area (Å²) in [7, 11) is -3.17. The molecule has 0 saturated carbocycles. The largest absolute Gasteiger partial charge is 0.399 e. The minimum absolute atomic E-state index is 0.172. The van der Waals surface area contributed by atoms with Crippen molar-refractivity contribution >= 4 is 27.3 Å². The normalized spacial score (nSPS) is 11.1. The zero-order valence-electron chi connectivity index (χ0n) is 12.3. The lowest BCUT2D eigenvalue weighted by Crippen LogP contribution is -2.25. The van der Waals surface area contributed by atoms with Gasteiger partial charge in [-0.3, -0.25) is 4.79 Å². The summed E-state index contributed by atoms with van der Waals surface area (Å²) < 4.78 is 24.3. The Morgan fingerprint density at radius 3 is 2.62 bits per heavy atom. The van der Waals surface area contributed by atoms with Crippen LogP contribution in [0.15, 0.2) is 18.2 Å². The summed E-state index contributed by atoms with van der Waals surface area (Å²) in [4.78, 5) is 11.9. The first-order valence-corrected chi connectivity index (χ1v) is 8.59. The molecule has 0 bridgehead atoms. The van der Waals surface area contributed by atoms with Crippen molar-refractivity contribution in [3.63, 3.8) is 0 Å². The van der Waals surface area contributed by atoms with Crippen molar-refractivity contribution < 1.29 is 13.2 Å². The molecule has 5 N–H and O–H groups in total. The zero-order chi connectivity index (χ0) is 15.9. The van der Waals surface area contributed by atoms with Gasteiger partial charge in [0, 0.05) is 31.0 Å². The number of nitrogens with two attached hydrogens (primary N) is 1. The molecule has 7 nitrogen and oxygen atoms in total. The Labute approximate surface area is 125 Å². The quantitative estimate of drug-likeness (QED) is 0.409. The molecule has 0 aliphatic rings. The van der Waals surface area contributed by atoms with Gasteiger partial charge in [-0.1, -0.05) is 0 Å². The molecular formula is C13H22N4O3S. The molecule has 0 atom stereocenters. The third-order valence-electron chi connectivity index (χ3n) is 2.66. The van der Waals surface area contributed by atoms with Crippen LogP contribution in [-0.2, 0) is 10.0 Å². The smallest absolute Gasteiger partial charge is 0.253 e. The van der Waals surface area contributed by atoms with Crippen LogP contribution in [0.25, 0.3) is 0 Å². The first kappa shape index (κ1) is 17.3. The van der Waals surface area contributed by atoms with Crippen molar-refractivity contribution in [2.24, 2.45) is 0 Å². The predicted molar refractivity (Wildman–Crippen MR) is 84.8 cm³/mol. The summed E-state index contributed by atoms with van der Waals surface area (Å²) in [5.74, 6) is -0.172. The van der Waals surface area contributed by atoms with Gasteiger partial charge < -0.3 is 16.4 Å². The van der Waals surface area contributed by atoms with E-state index in [-0.39, 0.29) is 5.91 Å². The first-order valence-electron chi connectivity index (χ1n) is 6.69. The molecule has 1 rings (SSSR count). The highest BCUT2D eigenvalue weighted by molar-refractivity contribution is 7.88. The standard InChI is InChI=1S/C13H22N4O3S/c1-3-15-13(18)11-6-5-10(14)9-12(11)16-7-4-8-17-21(2,19)20/h5-6,9,16-17H,3-4,7-8,14H2,1-2H3,(H,15,18). The van der Waals surface area contributed by atoms with Gasteiger partial charge in [0.25, 0.3) is 5.91 Å². The Bertz CT molecular complexity index is 587. The molecule has 8 heteroatoms. The highest BCUT2D eigenvalue weighted by Crippen LogP contribution is 2.19. The van der Waals surface area contributed by atoms with E-state index in [0.717, 1.165) is 6.26 Å². The molecule has 0 radical (unpaired) electrons. The Balaban J connectivity index is 2.61. The number of sulfonamides is 1. The van der Waals surface area contributed by atoms with Crippen LogP contribution in [0.1, 0.15) is 23.7 Å². The summed E-state index contributed by atoms with van der Waals surface area (Å²) in [5, 5.41) is 5.84. The van der Waals surface area contributed by atoms with Crippen molar-refractivity contribution in [1.82, 2.24) is 10.0 Å². The molecule has 0 fully saturated rings. The van der Waals surface area contributed by atoms with E-state index in [0.29, 0.717) is 43.0 Å². The van der Waals surface area contributed by atoms with Gasteiger partial charge in [0.2, 0.25) is 10.0 Å². The zero-order valence-corrected chi connectivity index (χ0v) is 13.1. The first-order chi connectivity index (χ1) is 9.83. The third kappa shape index (κ3) is 6.46. The maximum absolute atomic E-state index is 11.9. The van der Waals surface area contributed by atoms with Gasteiger partial charge in [0.05, 0.1) is 11.8 Å². The minimum atomic E-state index is -3.17. The van der Waals surface area contributed by atoms with Crippen molar-refractivity contribution in [3.05, 3.63) is 23.8 Å². The van der Waals surface area contributed by atoms with E-state index < -0.39 is 10.0 Å². The number of carbonyl (C=O) groups excluding carboxylic acids is 1. The number of nitrogen functional groups attached to an aromatic ring is 1. The van der Waals surface area contributed by atoms with E-state index in [9.17, 15) is 13.2 Å². The monoisotopic (exact) mass is 314 g/mol. The number of nitrogens with one attached hydrogen (secondary N) is 3. The van der Waals surface area contributed by atoms with Crippen LogP contribution in [0.4, 0.5) is 11.4 Å². The van der Waals surface area contributed by atoms with Crippen molar-refractivity contribution in [2.75, 3.05) is 36.9 Å². The highest BCUT2D eigenvalue weighted by atomic mass is 32.2. The summed E-state index contributed by atoms with van der Waals surface area (Å²) >= 11 is 0. The van der Waals surface area contributed by atoms with E-state index in [2.05, 4.69) is 15.4 Å². The molecule has 0 aromatic heterocycles. The Morgan fingerprint density at radius 2 is 2.00 bits per heavy atom. The molecule has 1 aromatic carbocycles. The average molecular weight is 314 g/mol. The van der Waals surface area contributed by atoms with Crippen molar-refractivity contribution in [1.29, 1.82) is 0 Å². The van der Waals surface area contributed by atoms with Crippen LogP contribution in [0.5, 0.6) is 0 Å². The second-order valence-electron chi connectivity index (χ2n) is 4.61. The van der Waals surface area contributed by atoms with Crippen LogP contribution < -0.4 is 21.1 Å². The maximum atomic E-state index is 11.9. The van der Waals surface area contributed by atoms with Gasteiger partial charge in [-0.15, -0.1) is 0 Å². The van der Waals surface area contributed by atoms with E-state index in [1.165, 1.54) is 0 Å². The molecule has 1 aromatic rings. The fraction of sp³-hybridized carbons (Fsp3) is 0.462. The fourth-order valence-electron chi connectivity index (χ4n) is 1.73. The molecule has 0 aliphatic carbocycles. The second-order valence-corrected chi connectivity index (χ2v) is 6.44. The Kier molecular flexibility index (Phi) is 6.44. The van der Waals surface area contributed by atoms with Crippen LogP contribution in [0.3, 0.4) is 0 Å². The lowest BCUT2D eigenvalue weighted by Gasteiger charge is -2.12. The van der Waals surface area contributed by atoms with Crippen LogP contribution in [-0.4, -0.2) is 40.2 Å². The molecular weight excluding hydrogens is 292 g/mol. The average Bonchev–Trinajstić information content (AvgIpc) is 2.37. The molecule has 0 heterocycles. The van der Waals surface area contributed by atoms with E-state index in [1.807, 2.05) is 6.92 Å². The van der Waals surface area contributed by atoms with Gasteiger partial charge in [-0.2, -0.15) is 0 Å². The topological polar surface area (TPSA) is 113 Å². The molecule has 1 amide bonds. The summed E-state index contributed by atoms with van der Waals surface area (Å²) in [6, 6.07) is 5.02. The Morgan fingerprint density at radius 1 is 1.29 bits per heavy atom. The Hall–Kier alpha value is -1.80. The number of hydrogen-bond donors (Lipinski definition) is 4. The van der Waals surface area contributed by atoms with Gasteiger partial charge in [-0.25, -0.2) is 13.1 Å². The van der Waals surface area contributed by atoms with Crippen LogP contribution in [0.2, 0.25) is 0 Å². The molecule has 0 saturated heterocycles. The minimum Gasteiger partial charge on any atom is -0.399 e.